The number of hydrogen-bond acceptors (Lipinski definition) is 3. The van der Waals surface area contributed by atoms with E-state index in [0.717, 1.165) is 15.6 Å². The van der Waals surface area contributed by atoms with Crippen molar-refractivity contribution >= 4 is 50.9 Å². The number of benzene rings is 2. The van der Waals surface area contributed by atoms with Crippen LogP contribution < -0.4 is 10.1 Å². The van der Waals surface area contributed by atoms with Crippen molar-refractivity contribution < 1.29 is 14.3 Å². The minimum atomic E-state index is -0.731. The molecule has 0 radical (unpaired) electrons. The van der Waals surface area contributed by atoms with Gasteiger partial charge in [-0.3, -0.25) is 9.59 Å². The van der Waals surface area contributed by atoms with Gasteiger partial charge in [-0.1, -0.05) is 59.0 Å². The fraction of sp³-hybridized carbons (Fsp3) is 0.417. The molecule has 0 aliphatic rings. The lowest BCUT2D eigenvalue weighted by molar-refractivity contribution is -0.142. The Kier molecular flexibility index (Phi) is 9.86. The normalized spacial score (nSPS) is 11.9. The standard InChI is InChI=1S/C24H29BrCl2N2O3/c1-14(2)11-28-24(31)17(5)29(12-19-20(26)7-6-8-21(19)27)22(30)13-32-18-9-15(3)23(25)16(4)10-18/h6-10,14,17H,11-13H2,1-5H3,(H,28,31). The van der Waals surface area contributed by atoms with Crippen molar-refractivity contribution in [2.24, 2.45) is 5.92 Å². The fourth-order valence-electron chi connectivity index (χ4n) is 3.11. The zero-order valence-corrected chi connectivity index (χ0v) is 22.1. The van der Waals surface area contributed by atoms with Crippen LogP contribution in [0.25, 0.3) is 0 Å². The van der Waals surface area contributed by atoms with Crippen LogP contribution in [0.15, 0.2) is 34.8 Å². The predicted octanol–water partition coefficient (Wildman–Crippen LogP) is 5.94. The molecule has 0 aliphatic carbocycles. The quantitative estimate of drug-likeness (QED) is 0.425. The van der Waals surface area contributed by atoms with Gasteiger partial charge in [0, 0.05) is 33.2 Å². The number of carbonyl (C=O) groups is 2. The molecule has 2 rings (SSSR count). The number of aryl methyl sites for hydroxylation is 2. The van der Waals surface area contributed by atoms with Crippen LogP contribution in [0.2, 0.25) is 10.0 Å². The number of nitrogens with one attached hydrogen (secondary N) is 1. The van der Waals surface area contributed by atoms with Crippen molar-refractivity contribution in [2.75, 3.05) is 13.2 Å². The van der Waals surface area contributed by atoms with E-state index in [9.17, 15) is 9.59 Å². The highest BCUT2D eigenvalue weighted by Gasteiger charge is 2.28. The number of halogens is 3. The summed E-state index contributed by atoms with van der Waals surface area (Å²) in [6.45, 7) is 10.0. The summed E-state index contributed by atoms with van der Waals surface area (Å²) in [6, 6.07) is 8.14. The third kappa shape index (κ3) is 7.12. The zero-order chi connectivity index (χ0) is 24.0. The molecule has 5 nitrogen and oxygen atoms in total. The molecular formula is C24H29BrCl2N2O3. The van der Waals surface area contributed by atoms with Crippen molar-refractivity contribution in [1.82, 2.24) is 10.2 Å². The smallest absolute Gasteiger partial charge is 0.261 e. The number of carbonyl (C=O) groups excluding carboxylic acids is 2. The van der Waals surface area contributed by atoms with Crippen LogP contribution in [0.3, 0.4) is 0 Å². The zero-order valence-electron chi connectivity index (χ0n) is 19.0. The van der Waals surface area contributed by atoms with Gasteiger partial charge in [-0.2, -0.15) is 0 Å². The van der Waals surface area contributed by atoms with Crippen molar-refractivity contribution in [3.63, 3.8) is 0 Å². The minimum absolute atomic E-state index is 0.0926. The fourth-order valence-corrected chi connectivity index (χ4v) is 3.85. The summed E-state index contributed by atoms with van der Waals surface area (Å²) in [5.74, 6) is 0.293. The van der Waals surface area contributed by atoms with E-state index in [1.165, 1.54) is 4.90 Å². The second-order valence-electron chi connectivity index (χ2n) is 8.20. The van der Waals surface area contributed by atoms with Crippen molar-refractivity contribution in [3.05, 3.63) is 61.5 Å². The average Bonchev–Trinajstić information content (AvgIpc) is 2.73. The molecule has 0 saturated carbocycles. The summed E-state index contributed by atoms with van der Waals surface area (Å²) < 4.78 is 6.78. The highest BCUT2D eigenvalue weighted by molar-refractivity contribution is 9.10. The first-order valence-corrected chi connectivity index (χ1v) is 12.0. The van der Waals surface area contributed by atoms with Crippen LogP contribution in [-0.4, -0.2) is 35.9 Å². The van der Waals surface area contributed by atoms with Gasteiger partial charge in [0.2, 0.25) is 5.91 Å². The molecule has 174 valence electrons. The molecular weight excluding hydrogens is 515 g/mol. The Morgan fingerprint density at radius 3 is 2.19 bits per heavy atom. The highest BCUT2D eigenvalue weighted by atomic mass is 79.9. The maximum Gasteiger partial charge on any atom is 0.261 e. The first kappa shape index (κ1) is 26.5. The van der Waals surface area contributed by atoms with Crippen LogP contribution in [0.4, 0.5) is 0 Å². The summed E-state index contributed by atoms with van der Waals surface area (Å²) in [4.78, 5) is 27.4. The molecule has 0 aromatic heterocycles. The van der Waals surface area contributed by atoms with Crippen LogP contribution in [0.1, 0.15) is 37.5 Å². The summed E-state index contributed by atoms with van der Waals surface area (Å²) >= 11 is 16.2. The van der Waals surface area contributed by atoms with Gasteiger partial charge in [-0.15, -0.1) is 0 Å². The van der Waals surface area contributed by atoms with Crippen molar-refractivity contribution in [1.29, 1.82) is 0 Å². The molecule has 1 atom stereocenters. The van der Waals surface area contributed by atoms with Gasteiger partial charge in [0.05, 0.1) is 0 Å². The largest absolute Gasteiger partial charge is 0.484 e. The highest BCUT2D eigenvalue weighted by Crippen LogP contribution is 2.28. The average molecular weight is 544 g/mol. The van der Waals surface area contributed by atoms with E-state index >= 15 is 0 Å². The number of amides is 2. The molecule has 8 heteroatoms. The number of nitrogens with zero attached hydrogens (tertiary/aromatic N) is 1. The monoisotopic (exact) mass is 542 g/mol. The van der Waals surface area contributed by atoms with Gasteiger partial charge in [-0.25, -0.2) is 0 Å². The maximum atomic E-state index is 13.2. The lowest BCUT2D eigenvalue weighted by Gasteiger charge is -2.29. The first-order valence-electron chi connectivity index (χ1n) is 10.4. The molecule has 0 heterocycles. The van der Waals surface area contributed by atoms with E-state index in [-0.39, 0.29) is 25.0 Å². The molecule has 0 aliphatic heterocycles. The van der Waals surface area contributed by atoms with Crippen molar-refractivity contribution in [2.45, 2.75) is 47.2 Å². The molecule has 0 spiro atoms. The van der Waals surface area contributed by atoms with Crippen LogP contribution in [0.5, 0.6) is 5.75 Å². The molecule has 0 saturated heterocycles. The Morgan fingerprint density at radius 1 is 1.09 bits per heavy atom. The third-order valence-corrected chi connectivity index (χ3v) is 6.97. The summed E-state index contributed by atoms with van der Waals surface area (Å²) in [6.07, 6.45) is 0. The first-order chi connectivity index (χ1) is 15.0. The van der Waals surface area contributed by atoms with E-state index < -0.39 is 6.04 Å². The van der Waals surface area contributed by atoms with Crippen molar-refractivity contribution in [3.8, 4) is 5.75 Å². The van der Waals surface area contributed by atoms with Gasteiger partial charge in [0.25, 0.3) is 5.91 Å². The lowest BCUT2D eigenvalue weighted by Crippen LogP contribution is -2.49. The summed E-state index contributed by atoms with van der Waals surface area (Å²) in [5, 5.41) is 3.75. The summed E-state index contributed by atoms with van der Waals surface area (Å²) in [5.41, 5.74) is 2.60. The Labute approximate surface area is 208 Å². The van der Waals surface area contributed by atoms with E-state index in [2.05, 4.69) is 21.2 Å². The summed E-state index contributed by atoms with van der Waals surface area (Å²) in [7, 11) is 0. The van der Waals surface area contributed by atoms with Gasteiger partial charge < -0.3 is 15.0 Å². The number of hydrogen-bond donors (Lipinski definition) is 1. The second-order valence-corrected chi connectivity index (χ2v) is 9.80. The number of ether oxygens (including phenoxy) is 1. The molecule has 2 amide bonds. The van der Waals surface area contributed by atoms with E-state index in [4.69, 9.17) is 27.9 Å². The Morgan fingerprint density at radius 2 is 1.66 bits per heavy atom. The van der Waals surface area contributed by atoms with E-state index in [0.29, 0.717) is 33.8 Å². The predicted molar refractivity (Wildman–Crippen MR) is 133 cm³/mol. The Hall–Kier alpha value is -1.76. The van der Waals surface area contributed by atoms with Gasteiger partial charge in [-0.05, 0) is 62.1 Å². The molecule has 0 bridgehead atoms. The topological polar surface area (TPSA) is 58.6 Å². The maximum absolute atomic E-state index is 13.2. The Bertz CT molecular complexity index is 938. The molecule has 0 fully saturated rings. The Balaban J connectivity index is 2.24. The lowest BCUT2D eigenvalue weighted by atomic mass is 10.1. The van der Waals surface area contributed by atoms with Gasteiger partial charge in [0.15, 0.2) is 6.61 Å². The van der Waals surface area contributed by atoms with E-state index in [1.54, 1.807) is 25.1 Å². The van der Waals surface area contributed by atoms with E-state index in [1.807, 2.05) is 39.8 Å². The van der Waals surface area contributed by atoms with Crippen LogP contribution in [0, 0.1) is 19.8 Å². The van der Waals surface area contributed by atoms with Gasteiger partial charge in [0.1, 0.15) is 11.8 Å². The SMILES string of the molecule is Cc1cc(OCC(=O)N(Cc2c(Cl)cccc2Cl)C(C)C(=O)NCC(C)C)cc(C)c1Br. The number of rotatable bonds is 9. The molecule has 1 N–H and O–H groups in total. The van der Waals surface area contributed by atoms with Gasteiger partial charge >= 0.3 is 0 Å². The second kappa shape index (κ2) is 11.9. The van der Waals surface area contributed by atoms with Crippen LogP contribution >= 0.6 is 39.1 Å². The minimum Gasteiger partial charge on any atom is -0.484 e. The van der Waals surface area contributed by atoms with Crippen LogP contribution in [-0.2, 0) is 16.1 Å². The molecule has 32 heavy (non-hydrogen) atoms. The molecule has 2 aromatic rings. The molecule has 2 aromatic carbocycles. The molecule has 1 unspecified atom stereocenters. The third-order valence-electron chi connectivity index (χ3n) is 5.01.